The van der Waals surface area contributed by atoms with Gasteiger partial charge in [0.25, 0.3) is 0 Å². The van der Waals surface area contributed by atoms with Gasteiger partial charge in [-0.15, -0.1) is 0 Å². The van der Waals surface area contributed by atoms with Crippen molar-refractivity contribution in [3.63, 3.8) is 0 Å². The van der Waals surface area contributed by atoms with E-state index in [0.717, 1.165) is 0 Å². The summed E-state index contributed by atoms with van der Waals surface area (Å²) in [6.45, 7) is 6.96. The normalized spacial score (nSPS) is 11.9. The van der Waals surface area contributed by atoms with E-state index in [1.54, 1.807) is 0 Å². The van der Waals surface area contributed by atoms with Crippen molar-refractivity contribution in [1.82, 2.24) is 0 Å². The minimum Gasteiger partial charge on any atom is -0.0672 e. The molecule has 0 aliphatic heterocycles. The van der Waals surface area contributed by atoms with Gasteiger partial charge in [-0.3, -0.25) is 0 Å². The largest absolute Gasteiger partial charge is 0.108 e. The van der Waals surface area contributed by atoms with Gasteiger partial charge in [0.2, 0.25) is 0 Å². The van der Waals surface area contributed by atoms with Crippen LogP contribution in [-0.4, -0.2) is 7.85 Å². The summed E-state index contributed by atoms with van der Waals surface area (Å²) in [6.07, 6.45) is 12.9. The van der Waals surface area contributed by atoms with Crippen LogP contribution < -0.4 is 0 Å². The Balaban J connectivity index is 2.99. The molecule has 0 rings (SSSR count). The smallest absolute Gasteiger partial charge is 0.0672 e. The van der Waals surface area contributed by atoms with Gasteiger partial charge in [-0.1, -0.05) is 83.9 Å². The molecule has 0 heterocycles. The van der Waals surface area contributed by atoms with Gasteiger partial charge in [-0.25, -0.2) is 0 Å². The van der Waals surface area contributed by atoms with Crippen molar-refractivity contribution >= 4 is 7.85 Å². The third-order valence-electron chi connectivity index (χ3n) is 2.78. The van der Waals surface area contributed by atoms with E-state index in [1.165, 1.54) is 57.8 Å². The molecule has 0 nitrogen and oxygen atoms in total. The van der Waals surface area contributed by atoms with E-state index in [0.29, 0.717) is 5.31 Å². The van der Waals surface area contributed by atoms with Crippen LogP contribution in [0.3, 0.4) is 0 Å². The zero-order valence-corrected chi connectivity index (χ0v) is 10.9. The van der Waals surface area contributed by atoms with Gasteiger partial charge in [-0.05, 0) is 0 Å². The topological polar surface area (TPSA) is 0 Å². The Labute approximate surface area is 92.3 Å². The maximum Gasteiger partial charge on any atom is 0.108 e. The molecule has 0 spiro atoms. The van der Waals surface area contributed by atoms with E-state index >= 15 is 0 Å². The van der Waals surface area contributed by atoms with E-state index in [9.17, 15) is 0 Å². The van der Waals surface area contributed by atoms with Crippen molar-refractivity contribution in [2.24, 2.45) is 0 Å². The van der Waals surface area contributed by atoms with Crippen LogP contribution in [0.25, 0.3) is 0 Å². The SMILES string of the molecule is BC(C)(C)CCCCCCCCCC. The second-order valence-electron chi connectivity index (χ2n) is 5.79. The monoisotopic (exact) mass is 196 g/mol. The van der Waals surface area contributed by atoms with Gasteiger partial charge in [0, 0.05) is 0 Å². The average molecular weight is 196 g/mol. The predicted octanol–water partition coefficient (Wildman–Crippen LogP) is 4.35. The molecule has 0 saturated carbocycles. The van der Waals surface area contributed by atoms with Crippen LogP contribution in [0.2, 0.25) is 5.31 Å². The third-order valence-corrected chi connectivity index (χ3v) is 2.78. The van der Waals surface area contributed by atoms with Gasteiger partial charge in [-0.2, -0.15) is 0 Å². The summed E-state index contributed by atoms with van der Waals surface area (Å²) in [5.41, 5.74) is 0. The molecule has 0 amide bonds. The molecule has 0 aromatic rings. The Hall–Kier alpha value is 0.0649. The van der Waals surface area contributed by atoms with Crippen molar-refractivity contribution in [2.45, 2.75) is 83.9 Å². The first-order valence-corrected chi connectivity index (χ1v) is 6.56. The average Bonchev–Trinajstić information content (AvgIpc) is 2.08. The maximum absolute atomic E-state index is 2.34. The molecule has 0 bridgehead atoms. The van der Waals surface area contributed by atoms with Crippen molar-refractivity contribution in [2.75, 3.05) is 0 Å². The van der Waals surface area contributed by atoms with Gasteiger partial charge < -0.3 is 0 Å². The van der Waals surface area contributed by atoms with Crippen LogP contribution in [0.5, 0.6) is 0 Å². The molecule has 0 N–H and O–H groups in total. The Morgan fingerprint density at radius 3 is 1.64 bits per heavy atom. The summed E-state index contributed by atoms with van der Waals surface area (Å²) in [7, 11) is 2.34. The Kier molecular flexibility index (Phi) is 8.42. The zero-order valence-electron chi connectivity index (χ0n) is 10.9. The Bertz CT molecular complexity index is 113. The number of hydrogen-bond donors (Lipinski definition) is 0. The molecule has 1 heteroatoms. The lowest BCUT2D eigenvalue weighted by atomic mass is 9.69. The van der Waals surface area contributed by atoms with E-state index in [4.69, 9.17) is 0 Å². The molecule has 0 saturated heterocycles. The lowest BCUT2D eigenvalue weighted by molar-refractivity contribution is 0.521. The molecule has 84 valence electrons. The minimum atomic E-state index is 0.544. The number of hydrogen-bond acceptors (Lipinski definition) is 0. The number of unbranched alkanes of at least 4 members (excludes halogenated alkanes) is 7. The van der Waals surface area contributed by atoms with Gasteiger partial charge in [0.1, 0.15) is 7.85 Å². The first-order chi connectivity index (χ1) is 6.56. The maximum atomic E-state index is 2.34. The second-order valence-corrected chi connectivity index (χ2v) is 5.79. The highest BCUT2D eigenvalue weighted by atomic mass is 14.1. The molecule has 0 radical (unpaired) electrons. The van der Waals surface area contributed by atoms with Crippen molar-refractivity contribution in [3.05, 3.63) is 0 Å². The molecule has 0 aromatic heterocycles. The standard InChI is InChI=1S/C13H29B/c1-4-5-6-7-8-9-10-11-12-13(2,3)14/h4-12,14H2,1-3H3. The number of rotatable bonds is 9. The molecular weight excluding hydrogens is 167 g/mol. The second kappa shape index (κ2) is 8.38. The molecule has 0 fully saturated rings. The lowest BCUT2D eigenvalue weighted by Crippen LogP contribution is -2.01. The summed E-state index contributed by atoms with van der Waals surface area (Å²) >= 11 is 0. The fraction of sp³-hybridized carbons (Fsp3) is 1.00. The zero-order chi connectivity index (χ0) is 10.9. The predicted molar refractivity (Wildman–Crippen MR) is 69.8 cm³/mol. The third kappa shape index (κ3) is 12.1. The fourth-order valence-corrected chi connectivity index (χ4v) is 1.79. The molecule has 0 unspecified atom stereocenters. The molecule has 0 aromatic carbocycles. The van der Waals surface area contributed by atoms with Crippen molar-refractivity contribution in [1.29, 1.82) is 0 Å². The van der Waals surface area contributed by atoms with E-state index in [1.807, 2.05) is 0 Å². The summed E-state index contributed by atoms with van der Waals surface area (Å²) < 4.78 is 0. The van der Waals surface area contributed by atoms with Crippen molar-refractivity contribution < 1.29 is 0 Å². The van der Waals surface area contributed by atoms with Crippen LogP contribution >= 0.6 is 0 Å². The first-order valence-electron chi connectivity index (χ1n) is 6.56. The molecular formula is C13H29B. The fourth-order valence-electron chi connectivity index (χ4n) is 1.79. The highest BCUT2D eigenvalue weighted by Crippen LogP contribution is 2.26. The van der Waals surface area contributed by atoms with Gasteiger partial charge in [0.15, 0.2) is 0 Å². The van der Waals surface area contributed by atoms with Crippen molar-refractivity contribution in [3.8, 4) is 0 Å². The minimum absolute atomic E-state index is 0.544. The van der Waals surface area contributed by atoms with E-state index in [-0.39, 0.29) is 0 Å². The lowest BCUT2D eigenvalue weighted by Gasteiger charge is -2.17. The van der Waals surface area contributed by atoms with E-state index in [2.05, 4.69) is 28.6 Å². The summed E-state index contributed by atoms with van der Waals surface area (Å²) in [5, 5.41) is 0.544. The molecule has 14 heavy (non-hydrogen) atoms. The van der Waals surface area contributed by atoms with Crippen LogP contribution in [0.15, 0.2) is 0 Å². The van der Waals surface area contributed by atoms with E-state index < -0.39 is 0 Å². The van der Waals surface area contributed by atoms with Gasteiger partial charge in [0.05, 0.1) is 0 Å². The first kappa shape index (κ1) is 14.1. The highest BCUT2D eigenvalue weighted by Gasteiger charge is 2.08. The van der Waals surface area contributed by atoms with Gasteiger partial charge >= 0.3 is 0 Å². The Morgan fingerprint density at radius 2 is 1.21 bits per heavy atom. The molecule has 0 atom stereocenters. The molecule has 0 aliphatic rings. The summed E-state index contributed by atoms with van der Waals surface area (Å²) in [6, 6.07) is 0. The van der Waals surface area contributed by atoms with Crippen LogP contribution in [0, 0.1) is 0 Å². The summed E-state index contributed by atoms with van der Waals surface area (Å²) in [5.74, 6) is 0. The summed E-state index contributed by atoms with van der Waals surface area (Å²) in [4.78, 5) is 0. The molecule has 0 aliphatic carbocycles. The van der Waals surface area contributed by atoms with Crippen LogP contribution in [0.4, 0.5) is 0 Å². The van der Waals surface area contributed by atoms with Crippen LogP contribution in [0.1, 0.15) is 78.6 Å². The highest BCUT2D eigenvalue weighted by molar-refractivity contribution is 6.14. The quantitative estimate of drug-likeness (QED) is 0.380. The Morgan fingerprint density at radius 1 is 0.786 bits per heavy atom. The van der Waals surface area contributed by atoms with Crippen LogP contribution in [-0.2, 0) is 0 Å².